The number of methoxy groups -OCH3 is 2. The van der Waals surface area contributed by atoms with Crippen molar-refractivity contribution >= 4 is 5.69 Å². The maximum absolute atomic E-state index is 9.53. The Morgan fingerprint density at radius 2 is 1.95 bits per heavy atom. The number of benzene rings is 1. The van der Waals surface area contributed by atoms with E-state index in [1.54, 1.807) is 14.2 Å². The van der Waals surface area contributed by atoms with Crippen molar-refractivity contribution in [2.45, 2.75) is 37.3 Å². The first-order valence-corrected chi connectivity index (χ1v) is 6.58. The quantitative estimate of drug-likeness (QED) is 0.904. The number of ether oxygens (including phenoxy) is 2. The van der Waals surface area contributed by atoms with Crippen LogP contribution in [-0.2, 0) is 4.74 Å². The highest BCUT2D eigenvalue weighted by molar-refractivity contribution is 5.58. The number of hydrogen-bond acceptors (Lipinski definition) is 4. The van der Waals surface area contributed by atoms with Crippen molar-refractivity contribution in [2.24, 2.45) is 0 Å². The molecular weight excluding hydrogens is 240 g/mol. The lowest BCUT2D eigenvalue weighted by atomic mass is 9.81. The molecule has 1 aromatic rings. The fraction of sp³-hybridized carbons (Fsp3) is 0.533. The third kappa shape index (κ3) is 2.99. The van der Waals surface area contributed by atoms with Gasteiger partial charge in [0.1, 0.15) is 11.3 Å². The summed E-state index contributed by atoms with van der Waals surface area (Å²) in [6, 6.07) is 10.1. The van der Waals surface area contributed by atoms with Crippen molar-refractivity contribution < 1.29 is 9.47 Å². The number of nitrogens with one attached hydrogen (secondary N) is 1. The molecule has 0 atom stereocenters. The van der Waals surface area contributed by atoms with Crippen molar-refractivity contribution in [3.05, 3.63) is 24.3 Å². The third-order valence-electron chi connectivity index (χ3n) is 3.81. The highest BCUT2D eigenvalue weighted by atomic mass is 16.5. The topological polar surface area (TPSA) is 54.3 Å². The van der Waals surface area contributed by atoms with Gasteiger partial charge in [-0.25, -0.2) is 0 Å². The highest BCUT2D eigenvalue weighted by Gasteiger charge is 2.36. The van der Waals surface area contributed by atoms with Gasteiger partial charge >= 0.3 is 0 Å². The van der Waals surface area contributed by atoms with E-state index < -0.39 is 5.54 Å². The van der Waals surface area contributed by atoms with E-state index in [2.05, 4.69) is 11.4 Å². The molecule has 0 unspecified atom stereocenters. The van der Waals surface area contributed by atoms with Gasteiger partial charge in [-0.1, -0.05) is 12.1 Å². The number of anilines is 1. The van der Waals surface area contributed by atoms with E-state index in [4.69, 9.17) is 9.47 Å². The lowest BCUT2D eigenvalue weighted by molar-refractivity contribution is 0.0611. The summed E-state index contributed by atoms with van der Waals surface area (Å²) in [7, 11) is 3.37. The van der Waals surface area contributed by atoms with Crippen LogP contribution in [-0.4, -0.2) is 25.9 Å². The van der Waals surface area contributed by atoms with Crippen LogP contribution in [0.2, 0.25) is 0 Å². The maximum Gasteiger partial charge on any atom is 0.141 e. The second kappa shape index (κ2) is 5.94. The molecule has 1 N–H and O–H groups in total. The van der Waals surface area contributed by atoms with Gasteiger partial charge in [-0.15, -0.1) is 0 Å². The lowest BCUT2D eigenvalue weighted by Gasteiger charge is -2.36. The first-order valence-electron chi connectivity index (χ1n) is 6.58. The number of rotatable bonds is 4. The minimum atomic E-state index is -0.510. The van der Waals surface area contributed by atoms with Gasteiger partial charge in [0, 0.05) is 7.11 Å². The predicted molar refractivity (Wildman–Crippen MR) is 74.2 cm³/mol. The van der Waals surface area contributed by atoms with E-state index in [-0.39, 0.29) is 6.10 Å². The molecule has 1 aromatic carbocycles. The van der Waals surface area contributed by atoms with Gasteiger partial charge in [0.25, 0.3) is 0 Å². The molecule has 4 heteroatoms. The van der Waals surface area contributed by atoms with Crippen LogP contribution in [0.3, 0.4) is 0 Å². The Morgan fingerprint density at radius 3 is 2.53 bits per heavy atom. The summed E-state index contributed by atoms with van der Waals surface area (Å²) < 4.78 is 10.7. The summed E-state index contributed by atoms with van der Waals surface area (Å²) in [5, 5.41) is 12.9. The predicted octanol–water partition coefficient (Wildman–Crippen LogP) is 2.96. The Kier molecular flexibility index (Phi) is 4.28. The smallest absolute Gasteiger partial charge is 0.141 e. The van der Waals surface area contributed by atoms with Gasteiger partial charge in [-0.3, -0.25) is 0 Å². The number of nitrogens with zero attached hydrogens (tertiary/aromatic N) is 1. The molecule has 1 fully saturated rings. The second-order valence-electron chi connectivity index (χ2n) is 4.95. The molecule has 0 saturated heterocycles. The summed E-state index contributed by atoms with van der Waals surface area (Å²) in [6.07, 6.45) is 3.68. The Morgan fingerprint density at radius 1 is 1.26 bits per heavy atom. The fourth-order valence-electron chi connectivity index (χ4n) is 2.59. The summed E-state index contributed by atoms with van der Waals surface area (Å²) >= 11 is 0. The van der Waals surface area contributed by atoms with Crippen LogP contribution in [0.5, 0.6) is 5.75 Å². The Bertz CT molecular complexity index is 459. The molecular formula is C15H20N2O2. The van der Waals surface area contributed by atoms with Gasteiger partial charge in [-0.05, 0) is 37.8 Å². The van der Waals surface area contributed by atoms with Gasteiger partial charge in [0.05, 0.1) is 25.0 Å². The minimum Gasteiger partial charge on any atom is -0.495 e. The molecule has 1 saturated carbocycles. The second-order valence-corrected chi connectivity index (χ2v) is 4.95. The van der Waals surface area contributed by atoms with E-state index in [1.165, 1.54) is 0 Å². The molecule has 0 bridgehead atoms. The van der Waals surface area contributed by atoms with Crippen LogP contribution in [0, 0.1) is 11.3 Å². The van der Waals surface area contributed by atoms with E-state index in [0.717, 1.165) is 37.1 Å². The Labute approximate surface area is 114 Å². The van der Waals surface area contributed by atoms with Gasteiger partial charge in [0.2, 0.25) is 0 Å². The average Bonchev–Trinajstić information content (AvgIpc) is 2.48. The molecule has 1 aliphatic rings. The van der Waals surface area contributed by atoms with Gasteiger partial charge < -0.3 is 14.8 Å². The molecule has 0 spiro atoms. The normalized spacial score (nSPS) is 26.5. The monoisotopic (exact) mass is 260 g/mol. The van der Waals surface area contributed by atoms with E-state index in [9.17, 15) is 5.26 Å². The zero-order chi connectivity index (χ0) is 13.7. The summed E-state index contributed by atoms with van der Waals surface area (Å²) in [5.41, 5.74) is 0.367. The first kappa shape index (κ1) is 13.7. The van der Waals surface area contributed by atoms with Crippen molar-refractivity contribution in [1.29, 1.82) is 5.26 Å². The molecule has 19 heavy (non-hydrogen) atoms. The Hall–Kier alpha value is -1.73. The van der Waals surface area contributed by atoms with Crippen LogP contribution >= 0.6 is 0 Å². The highest BCUT2D eigenvalue weighted by Crippen LogP contribution is 2.35. The van der Waals surface area contributed by atoms with Gasteiger partial charge in [0.15, 0.2) is 0 Å². The molecule has 0 aromatic heterocycles. The van der Waals surface area contributed by atoms with Crippen LogP contribution in [0.4, 0.5) is 5.69 Å². The van der Waals surface area contributed by atoms with Crippen molar-refractivity contribution in [2.75, 3.05) is 19.5 Å². The largest absolute Gasteiger partial charge is 0.495 e. The van der Waals surface area contributed by atoms with E-state index in [1.807, 2.05) is 24.3 Å². The van der Waals surface area contributed by atoms with Crippen molar-refractivity contribution in [1.82, 2.24) is 0 Å². The van der Waals surface area contributed by atoms with Crippen LogP contribution in [0.15, 0.2) is 24.3 Å². The number of para-hydroxylation sites is 2. The van der Waals surface area contributed by atoms with Crippen LogP contribution in [0.25, 0.3) is 0 Å². The molecule has 0 radical (unpaired) electrons. The molecule has 0 aliphatic heterocycles. The van der Waals surface area contributed by atoms with Crippen molar-refractivity contribution in [3.63, 3.8) is 0 Å². The molecule has 102 valence electrons. The van der Waals surface area contributed by atoms with Crippen LogP contribution < -0.4 is 10.1 Å². The number of hydrogen-bond donors (Lipinski definition) is 1. The summed E-state index contributed by atoms with van der Waals surface area (Å²) in [6.45, 7) is 0. The molecule has 1 aliphatic carbocycles. The number of nitriles is 1. The van der Waals surface area contributed by atoms with Crippen molar-refractivity contribution in [3.8, 4) is 11.8 Å². The summed E-state index contributed by atoms with van der Waals surface area (Å²) in [4.78, 5) is 0. The molecule has 4 nitrogen and oxygen atoms in total. The average molecular weight is 260 g/mol. The molecule has 2 rings (SSSR count). The first-order chi connectivity index (χ1) is 9.23. The zero-order valence-electron chi connectivity index (χ0n) is 11.5. The van der Waals surface area contributed by atoms with Gasteiger partial charge in [-0.2, -0.15) is 5.26 Å². The SMILES string of the molecule is COc1ccccc1NC1(C#N)CCC(OC)CC1. The van der Waals surface area contributed by atoms with E-state index >= 15 is 0 Å². The third-order valence-corrected chi connectivity index (χ3v) is 3.81. The molecule has 0 heterocycles. The fourth-order valence-corrected chi connectivity index (χ4v) is 2.59. The Balaban J connectivity index is 2.14. The zero-order valence-corrected chi connectivity index (χ0v) is 11.5. The molecule has 0 amide bonds. The van der Waals surface area contributed by atoms with E-state index in [0.29, 0.717) is 0 Å². The van der Waals surface area contributed by atoms with Crippen LogP contribution in [0.1, 0.15) is 25.7 Å². The standard InChI is InChI=1S/C15H20N2O2/c1-18-12-7-9-15(11-16,10-8-12)17-13-5-3-4-6-14(13)19-2/h3-6,12,17H,7-10H2,1-2H3. The minimum absolute atomic E-state index is 0.279. The summed E-state index contributed by atoms with van der Waals surface area (Å²) in [5.74, 6) is 0.769. The lowest BCUT2D eigenvalue weighted by Crippen LogP contribution is -2.42. The maximum atomic E-state index is 9.53.